The summed E-state index contributed by atoms with van der Waals surface area (Å²) < 4.78 is 5.55. The van der Waals surface area contributed by atoms with Gasteiger partial charge in [-0.05, 0) is 27.2 Å². The van der Waals surface area contributed by atoms with Crippen LogP contribution < -0.4 is 0 Å². The molecule has 88 valence electrons. The van der Waals surface area contributed by atoms with Crippen LogP contribution in [-0.2, 0) is 4.74 Å². The van der Waals surface area contributed by atoms with E-state index < -0.39 is 0 Å². The molecule has 0 bridgehead atoms. The van der Waals surface area contributed by atoms with Crippen LogP contribution in [0, 0.1) is 5.21 Å². The van der Waals surface area contributed by atoms with Crippen LogP contribution in [0.1, 0.15) is 40.0 Å². The lowest BCUT2D eigenvalue weighted by Gasteiger charge is -2.32. The molecule has 1 atom stereocenters. The lowest BCUT2D eigenvalue weighted by Crippen LogP contribution is -2.34. The molecule has 5 nitrogen and oxygen atoms in total. The maximum atomic E-state index is 10.3. The number of nitrogens with zero attached hydrogens (tertiary/aromatic N) is 2. The lowest BCUT2D eigenvalue weighted by atomic mass is 9.97. The molecule has 1 heterocycles. The average molecular weight is 215 g/mol. The zero-order chi connectivity index (χ0) is 11.5. The molecular weight excluding hydrogens is 196 g/mol. The van der Waals surface area contributed by atoms with Gasteiger partial charge in [0.25, 0.3) is 0 Å². The lowest BCUT2D eigenvalue weighted by molar-refractivity contribution is -0.0409. The van der Waals surface area contributed by atoms with E-state index in [0.29, 0.717) is 18.7 Å². The van der Waals surface area contributed by atoms with Crippen LogP contribution in [0.3, 0.4) is 0 Å². The first kappa shape index (κ1) is 12.4. The smallest absolute Gasteiger partial charge is 0.184 e. The standard InChI is InChI=1S/C10H19N2O3/c1-8-7-10(2,3)11-9(15-8)5-4-6-12(13)14/h8,13H,4-7H2,1-3H3/q-1. The minimum absolute atomic E-state index is 0.0576. The number of hydrogen-bond acceptors (Lipinski definition) is 5. The Kier molecular flexibility index (Phi) is 4.07. The van der Waals surface area contributed by atoms with Gasteiger partial charge in [-0.15, -0.1) is 0 Å². The van der Waals surface area contributed by atoms with E-state index in [-0.39, 0.29) is 23.4 Å². The second-order valence-electron chi connectivity index (χ2n) is 4.63. The van der Waals surface area contributed by atoms with Crippen molar-refractivity contribution in [3.8, 4) is 0 Å². The molecule has 1 rings (SSSR count). The first-order valence-electron chi connectivity index (χ1n) is 5.28. The zero-order valence-corrected chi connectivity index (χ0v) is 9.56. The number of hydroxylamine groups is 2. The molecule has 1 aliphatic rings. The molecule has 1 unspecified atom stereocenters. The number of hydrogen-bond donors (Lipinski definition) is 1. The largest absolute Gasteiger partial charge is 0.762 e. The van der Waals surface area contributed by atoms with E-state index in [9.17, 15) is 5.21 Å². The molecule has 0 radical (unpaired) electrons. The third kappa shape index (κ3) is 4.59. The van der Waals surface area contributed by atoms with Crippen LogP contribution in [0.5, 0.6) is 0 Å². The Morgan fingerprint density at radius 2 is 2.33 bits per heavy atom. The van der Waals surface area contributed by atoms with Gasteiger partial charge in [-0.2, -0.15) is 0 Å². The average Bonchev–Trinajstić information content (AvgIpc) is 1.98. The molecule has 15 heavy (non-hydrogen) atoms. The van der Waals surface area contributed by atoms with Crippen molar-refractivity contribution in [2.24, 2.45) is 4.99 Å². The van der Waals surface area contributed by atoms with Crippen LogP contribution in [0.25, 0.3) is 0 Å². The van der Waals surface area contributed by atoms with Crippen molar-refractivity contribution in [1.29, 1.82) is 0 Å². The molecule has 0 amide bonds. The SMILES string of the molecule is CC1CC(C)(C)N=C(CCCN([O-])O)O1. The normalized spacial score (nSPS) is 24.9. The third-order valence-corrected chi connectivity index (χ3v) is 2.29. The van der Waals surface area contributed by atoms with Crippen LogP contribution in [-0.4, -0.2) is 34.5 Å². The fraction of sp³-hybridized carbons (Fsp3) is 0.900. The van der Waals surface area contributed by atoms with Crippen LogP contribution in [0.4, 0.5) is 0 Å². The summed E-state index contributed by atoms with van der Waals surface area (Å²) in [5, 5.41) is 18.6. The molecule has 0 aromatic rings. The van der Waals surface area contributed by atoms with E-state index in [1.54, 1.807) is 0 Å². The van der Waals surface area contributed by atoms with Crippen molar-refractivity contribution in [3.63, 3.8) is 0 Å². The number of aliphatic imine (C=N–C) groups is 1. The van der Waals surface area contributed by atoms with E-state index in [1.165, 1.54) is 0 Å². The van der Waals surface area contributed by atoms with Gasteiger partial charge in [0.05, 0.1) is 11.6 Å². The molecule has 5 heteroatoms. The number of rotatable bonds is 4. The number of ether oxygens (including phenoxy) is 1. The molecule has 1 aliphatic heterocycles. The Bertz CT molecular complexity index is 239. The maximum absolute atomic E-state index is 10.3. The van der Waals surface area contributed by atoms with E-state index in [1.807, 2.05) is 6.92 Å². The molecule has 0 saturated heterocycles. The van der Waals surface area contributed by atoms with Crippen LogP contribution in [0.15, 0.2) is 4.99 Å². The Morgan fingerprint density at radius 1 is 1.67 bits per heavy atom. The van der Waals surface area contributed by atoms with Crippen molar-refractivity contribution >= 4 is 5.90 Å². The van der Waals surface area contributed by atoms with Crippen LogP contribution in [0.2, 0.25) is 0 Å². The van der Waals surface area contributed by atoms with Crippen molar-refractivity contribution < 1.29 is 9.94 Å². The Balaban J connectivity index is 2.43. The van der Waals surface area contributed by atoms with Gasteiger partial charge in [-0.3, -0.25) is 5.23 Å². The van der Waals surface area contributed by atoms with E-state index in [4.69, 9.17) is 9.94 Å². The summed E-state index contributed by atoms with van der Waals surface area (Å²) in [5.41, 5.74) is -0.0800. The summed E-state index contributed by atoms with van der Waals surface area (Å²) in [5.74, 6) is 0.695. The van der Waals surface area contributed by atoms with Crippen molar-refractivity contribution in [1.82, 2.24) is 5.23 Å². The van der Waals surface area contributed by atoms with Crippen molar-refractivity contribution in [2.75, 3.05) is 6.54 Å². The van der Waals surface area contributed by atoms with Gasteiger partial charge in [0.15, 0.2) is 5.90 Å². The Labute approximate surface area is 90.3 Å². The first-order chi connectivity index (χ1) is 6.89. The minimum atomic E-state index is -0.0800. The topological polar surface area (TPSA) is 68.1 Å². The monoisotopic (exact) mass is 215 g/mol. The zero-order valence-electron chi connectivity index (χ0n) is 9.56. The van der Waals surface area contributed by atoms with E-state index in [2.05, 4.69) is 18.8 Å². The molecule has 0 saturated carbocycles. The Morgan fingerprint density at radius 3 is 2.87 bits per heavy atom. The molecule has 0 spiro atoms. The second kappa shape index (κ2) is 4.92. The van der Waals surface area contributed by atoms with Crippen LogP contribution >= 0.6 is 0 Å². The summed E-state index contributed by atoms with van der Waals surface area (Å²) in [4.78, 5) is 4.45. The van der Waals surface area contributed by atoms with Gasteiger partial charge in [0.1, 0.15) is 0 Å². The van der Waals surface area contributed by atoms with E-state index in [0.717, 1.165) is 6.42 Å². The second-order valence-corrected chi connectivity index (χ2v) is 4.63. The third-order valence-electron chi connectivity index (χ3n) is 2.29. The fourth-order valence-electron chi connectivity index (χ4n) is 1.87. The molecule has 0 aliphatic carbocycles. The van der Waals surface area contributed by atoms with Gasteiger partial charge in [0.2, 0.25) is 0 Å². The van der Waals surface area contributed by atoms with Gasteiger partial charge < -0.3 is 15.2 Å². The van der Waals surface area contributed by atoms with Gasteiger partial charge in [-0.25, -0.2) is 4.99 Å². The van der Waals surface area contributed by atoms with Gasteiger partial charge >= 0.3 is 0 Å². The fourth-order valence-corrected chi connectivity index (χ4v) is 1.87. The minimum Gasteiger partial charge on any atom is -0.762 e. The quantitative estimate of drug-likeness (QED) is 0.728. The van der Waals surface area contributed by atoms with E-state index >= 15 is 0 Å². The highest BCUT2D eigenvalue weighted by molar-refractivity contribution is 5.77. The molecule has 0 aromatic heterocycles. The molecule has 0 aromatic carbocycles. The predicted molar refractivity (Wildman–Crippen MR) is 57.8 cm³/mol. The maximum Gasteiger partial charge on any atom is 0.184 e. The summed E-state index contributed by atoms with van der Waals surface area (Å²) in [6, 6.07) is 0. The first-order valence-corrected chi connectivity index (χ1v) is 5.28. The highest BCUT2D eigenvalue weighted by Crippen LogP contribution is 2.24. The summed E-state index contributed by atoms with van der Waals surface area (Å²) in [7, 11) is 0. The molecule has 0 fully saturated rings. The van der Waals surface area contributed by atoms with Crippen molar-refractivity contribution in [3.05, 3.63) is 5.21 Å². The summed E-state index contributed by atoms with van der Waals surface area (Å²) >= 11 is 0. The Hall–Kier alpha value is -0.650. The van der Waals surface area contributed by atoms with Gasteiger partial charge in [-0.1, -0.05) is 0 Å². The highest BCUT2D eigenvalue weighted by Gasteiger charge is 2.27. The van der Waals surface area contributed by atoms with Gasteiger partial charge in [0, 0.05) is 19.4 Å². The highest BCUT2D eigenvalue weighted by atomic mass is 16.8. The predicted octanol–water partition coefficient (Wildman–Crippen LogP) is 1.94. The summed E-state index contributed by atoms with van der Waals surface area (Å²) in [6.45, 7) is 6.25. The van der Waals surface area contributed by atoms with Crippen molar-refractivity contribution in [2.45, 2.75) is 51.7 Å². The molecule has 1 N–H and O–H groups in total. The molecular formula is C10H19N2O3-. The summed E-state index contributed by atoms with van der Waals surface area (Å²) in [6.07, 6.45) is 2.24.